The van der Waals surface area contributed by atoms with Crippen molar-refractivity contribution in [1.82, 2.24) is 15.2 Å². The number of nitrogens with one attached hydrogen (secondary N) is 1. The summed E-state index contributed by atoms with van der Waals surface area (Å²) in [7, 11) is 1.65. The Kier molecular flexibility index (Phi) is 3.16. The first-order chi connectivity index (χ1) is 7.81. The van der Waals surface area contributed by atoms with Gasteiger partial charge in [-0.25, -0.2) is 4.98 Å². The highest BCUT2D eigenvalue weighted by Crippen LogP contribution is 2.13. The summed E-state index contributed by atoms with van der Waals surface area (Å²) in [6.07, 6.45) is 0.719. The number of aromatic nitrogens is 3. The Bertz CT molecular complexity index is 449. The van der Waals surface area contributed by atoms with Crippen LogP contribution >= 0.6 is 0 Å². The first-order valence-corrected chi connectivity index (χ1v) is 5.05. The average molecular weight is 218 g/mol. The molecule has 0 spiro atoms. The number of rotatable bonds is 4. The lowest BCUT2D eigenvalue weighted by molar-refractivity contribution is 0.414. The van der Waals surface area contributed by atoms with Crippen LogP contribution in [0.4, 0.5) is 0 Å². The molecule has 0 aliphatic rings. The van der Waals surface area contributed by atoms with Crippen molar-refractivity contribution in [3.63, 3.8) is 0 Å². The van der Waals surface area contributed by atoms with E-state index in [9.17, 15) is 0 Å². The van der Waals surface area contributed by atoms with E-state index in [0.29, 0.717) is 12.4 Å². The first kappa shape index (κ1) is 10.6. The Labute approximate surface area is 93.7 Å². The molecular weight excluding hydrogens is 204 g/mol. The third kappa shape index (κ3) is 2.38. The molecule has 0 radical (unpaired) electrons. The molecule has 0 amide bonds. The normalized spacial score (nSPS) is 10.4. The van der Waals surface area contributed by atoms with Crippen LogP contribution in [0.1, 0.15) is 17.2 Å². The molecule has 5 heteroatoms. The zero-order valence-electron chi connectivity index (χ0n) is 9.10. The van der Waals surface area contributed by atoms with Gasteiger partial charge in [0.2, 0.25) is 0 Å². The fraction of sp³-hybridized carbons (Fsp3) is 0.273. The van der Waals surface area contributed by atoms with Crippen LogP contribution in [0.5, 0.6) is 5.75 Å². The number of nitrogens with zero attached hydrogens (tertiary/aromatic N) is 2. The van der Waals surface area contributed by atoms with Crippen molar-refractivity contribution in [1.29, 1.82) is 0 Å². The van der Waals surface area contributed by atoms with Crippen LogP contribution < -0.4 is 10.5 Å². The maximum Gasteiger partial charge on any atom is 0.164 e. The Morgan fingerprint density at radius 1 is 1.31 bits per heavy atom. The molecule has 1 aromatic carbocycles. The van der Waals surface area contributed by atoms with Gasteiger partial charge in [-0.05, 0) is 17.7 Å². The molecule has 5 nitrogen and oxygen atoms in total. The number of H-pyrrole nitrogens is 1. The summed E-state index contributed by atoms with van der Waals surface area (Å²) in [5.41, 5.74) is 6.59. The van der Waals surface area contributed by atoms with Gasteiger partial charge in [-0.3, -0.25) is 5.10 Å². The van der Waals surface area contributed by atoms with Crippen molar-refractivity contribution in [2.45, 2.75) is 13.0 Å². The molecule has 0 saturated heterocycles. The highest BCUT2D eigenvalue weighted by atomic mass is 16.5. The Hall–Kier alpha value is -1.88. The van der Waals surface area contributed by atoms with E-state index < -0.39 is 0 Å². The zero-order chi connectivity index (χ0) is 11.4. The average Bonchev–Trinajstić information content (AvgIpc) is 2.78. The molecule has 0 unspecified atom stereocenters. The molecule has 0 bridgehead atoms. The SMILES string of the molecule is COc1ccc(Cc2nc(CN)n[nH]2)cc1. The number of hydrogen-bond donors (Lipinski definition) is 2. The van der Waals surface area contributed by atoms with E-state index in [-0.39, 0.29) is 0 Å². The minimum Gasteiger partial charge on any atom is -0.497 e. The van der Waals surface area contributed by atoms with Crippen LogP contribution in [0.15, 0.2) is 24.3 Å². The van der Waals surface area contributed by atoms with Crippen LogP contribution in [0.25, 0.3) is 0 Å². The number of benzene rings is 1. The fourth-order valence-corrected chi connectivity index (χ4v) is 1.44. The summed E-state index contributed by atoms with van der Waals surface area (Å²) < 4.78 is 5.09. The standard InChI is InChI=1S/C11H14N4O/c1-16-9-4-2-8(3-5-9)6-10-13-11(7-12)15-14-10/h2-5H,6-7,12H2,1H3,(H,13,14,15). The van der Waals surface area contributed by atoms with Gasteiger partial charge < -0.3 is 10.5 Å². The molecule has 1 heterocycles. The predicted octanol–water partition coefficient (Wildman–Crippen LogP) is 0.863. The molecule has 1 aromatic heterocycles. The predicted molar refractivity (Wildman–Crippen MR) is 60.1 cm³/mol. The Balaban J connectivity index is 2.08. The van der Waals surface area contributed by atoms with Crippen molar-refractivity contribution < 1.29 is 4.74 Å². The van der Waals surface area contributed by atoms with Crippen molar-refractivity contribution in [3.05, 3.63) is 41.5 Å². The van der Waals surface area contributed by atoms with E-state index >= 15 is 0 Å². The van der Waals surface area contributed by atoms with Crippen LogP contribution in [-0.4, -0.2) is 22.3 Å². The summed E-state index contributed by atoms with van der Waals surface area (Å²) in [4.78, 5) is 4.24. The lowest BCUT2D eigenvalue weighted by Crippen LogP contribution is -1.98. The highest BCUT2D eigenvalue weighted by molar-refractivity contribution is 5.28. The minimum atomic E-state index is 0.360. The summed E-state index contributed by atoms with van der Waals surface area (Å²) in [5.74, 6) is 2.32. The van der Waals surface area contributed by atoms with Gasteiger partial charge in [-0.1, -0.05) is 12.1 Å². The molecule has 84 valence electrons. The molecule has 0 atom stereocenters. The fourth-order valence-electron chi connectivity index (χ4n) is 1.44. The quantitative estimate of drug-likeness (QED) is 0.798. The second kappa shape index (κ2) is 4.76. The summed E-state index contributed by atoms with van der Waals surface area (Å²) in [5, 5.41) is 6.84. The van der Waals surface area contributed by atoms with Crippen molar-refractivity contribution >= 4 is 0 Å². The summed E-state index contributed by atoms with van der Waals surface area (Å²) in [6, 6.07) is 7.86. The van der Waals surface area contributed by atoms with Gasteiger partial charge in [-0.15, -0.1) is 0 Å². The summed E-state index contributed by atoms with van der Waals surface area (Å²) >= 11 is 0. The van der Waals surface area contributed by atoms with Crippen molar-refractivity contribution in [2.24, 2.45) is 5.73 Å². The molecule has 0 saturated carbocycles. The van der Waals surface area contributed by atoms with Gasteiger partial charge in [0.15, 0.2) is 5.82 Å². The molecule has 2 aromatic rings. The van der Waals surface area contributed by atoms with Gasteiger partial charge in [0.05, 0.1) is 13.7 Å². The van der Waals surface area contributed by atoms with E-state index in [2.05, 4.69) is 15.2 Å². The van der Waals surface area contributed by atoms with E-state index in [4.69, 9.17) is 10.5 Å². The molecule has 0 aliphatic heterocycles. The van der Waals surface area contributed by atoms with Crippen molar-refractivity contribution in [2.75, 3.05) is 7.11 Å². The zero-order valence-corrected chi connectivity index (χ0v) is 9.10. The van der Waals surface area contributed by atoms with Crippen molar-refractivity contribution in [3.8, 4) is 5.75 Å². The van der Waals surface area contributed by atoms with E-state index in [1.54, 1.807) is 7.11 Å². The number of nitrogens with two attached hydrogens (primary N) is 1. The third-order valence-corrected chi connectivity index (χ3v) is 2.29. The molecule has 16 heavy (non-hydrogen) atoms. The molecular formula is C11H14N4O. The molecule has 2 rings (SSSR count). The van der Waals surface area contributed by atoms with Crippen LogP contribution in [0, 0.1) is 0 Å². The van der Waals surface area contributed by atoms with E-state index in [1.165, 1.54) is 0 Å². The number of aromatic amines is 1. The molecule has 0 fully saturated rings. The monoisotopic (exact) mass is 218 g/mol. The van der Waals surface area contributed by atoms with Gasteiger partial charge in [0, 0.05) is 6.42 Å². The Morgan fingerprint density at radius 2 is 2.06 bits per heavy atom. The van der Waals surface area contributed by atoms with Gasteiger partial charge in [0.25, 0.3) is 0 Å². The van der Waals surface area contributed by atoms with E-state index in [0.717, 1.165) is 23.6 Å². The molecule has 3 N–H and O–H groups in total. The first-order valence-electron chi connectivity index (χ1n) is 5.05. The molecule has 0 aliphatic carbocycles. The summed E-state index contributed by atoms with van der Waals surface area (Å²) in [6.45, 7) is 0.360. The highest BCUT2D eigenvalue weighted by Gasteiger charge is 2.02. The van der Waals surface area contributed by atoms with E-state index in [1.807, 2.05) is 24.3 Å². The van der Waals surface area contributed by atoms with Crippen LogP contribution in [0.2, 0.25) is 0 Å². The number of ether oxygens (including phenoxy) is 1. The van der Waals surface area contributed by atoms with Gasteiger partial charge in [0.1, 0.15) is 11.6 Å². The van der Waals surface area contributed by atoms with Crippen LogP contribution in [-0.2, 0) is 13.0 Å². The smallest absolute Gasteiger partial charge is 0.164 e. The van der Waals surface area contributed by atoms with Crippen LogP contribution in [0.3, 0.4) is 0 Å². The van der Waals surface area contributed by atoms with Gasteiger partial charge in [-0.2, -0.15) is 5.10 Å². The minimum absolute atomic E-state index is 0.360. The number of methoxy groups -OCH3 is 1. The van der Waals surface area contributed by atoms with Gasteiger partial charge >= 0.3 is 0 Å². The maximum atomic E-state index is 5.43. The maximum absolute atomic E-state index is 5.43. The lowest BCUT2D eigenvalue weighted by atomic mass is 10.1. The Morgan fingerprint density at radius 3 is 2.62 bits per heavy atom. The second-order valence-electron chi connectivity index (χ2n) is 3.43. The lowest BCUT2D eigenvalue weighted by Gasteiger charge is -2.01. The number of hydrogen-bond acceptors (Lipinski definition) is 4. The topological polar surface area (TPSA) is 76.8 Å². The second-order valence-corrected chi connectivity index (χ2v) is 3.43. The third-order valence-electron chi connectivity index (χ3n) is 2.29. The largest absolute Gasteiger partial charge is 0.497 e.